The van der Waals surface area contributed by atoms with Crippen LogP contribution in [0, 0.1) is 13.8 Å². The number of aromatic nitrogens is 3. The second kappa shape index (κ2) is 4.06. The molecule has 0 radical (unpaired) electrons. The number of pyridine rings is 1. The Labute approximate surface area is 101 Å². The highest BCUT2D eigenvalue weighted by Crippen LogP contribution is 2.26. The van der Waals surface area contributed by atoms with E-state index in [-0.39, 0.29) is 0 Å². The fourth-order valence-electron chi connectivity index (χ4n) is 1.54. The summed E-state index contributed by atoms with van der Waals surface area (Å²) in [6.45, 7) is 4.03. The van der Waals surface area contributed by atoms with E-state index >= 15 is 0 Å². The molecule has 0 bridgehead atoms. The molecule has 3 nitrogen and oxygen atoms in total. The smallest absolute Gasteiger partial charge is 0.188 e. The molecule has 0 amide bonds. The zero-order valence-electron chi connectivity index (χ0n) is 8.71. The Hall–Kier alpha value is -0.680. The van der Waals surface area contributed by atoms with Crippen LogP contribution in [0.25, 0.3) is 10.9 Å². The van der Waals surface area contributed by atoms with Gasteiger partial charge < -0.3 is 0 Å². The van der Waals surface area contributed by atoms with Crippen LogP contribution in [-0.4, -0.2) is 21.2 Å². The lowest BCUT2D eigenvalue weighted by molar-refractivity contribution is 0.963. The number of hydrogen-bond donors (Lipinski definition) is 0. The summed E-state index contributed by atoms with van der Waals surface area (Å²) < 4.78 is 0.781. The molecule has 0 aliphatic heterocycles. The molecule has 0 aliphatic rings. The van der Waals surface area contributed by atoms with Crippen molar-refractivity contribution in [3.8, 4) is 0 Å². The Morgan fingerprint density at radius 3 is 2.67 bits per heavy atom. The fourth-order valence-corrected chi connectivity index (χ4v) is 2.34. The van der Waals surface area contributed by atoms with Gasteiger partial charge in [-0.1, -0.05) is 11.8 Å². The van der Waals surface area contributed by atoms with Gasteiger partial charge in [0.15, 0.2) is 5.16 Å². The van der Waals surface area contributed by atoms with E-state index < -0.39 is 0 Å². The molecule has 0 saturated carbocycles. The molecule has 0 unspecified atom stereocenters. The molecular weight excluding hydrogens is 274 g/mol. The summed E-state index contributed by atoms with van der Waals surface area (Å²) in [7, 11) is 0. The van der Waals surface area contributed by atoms with Crippen molar-refractivity contribution in [2.75, 3.05) is 6.26 Å². The minimum Gasteiger partial charge on any atom is -0.247 e. The van der Waals surface area contributed by atoms with Crippen molar-refractivity contribution in [3.63, 3.8) is 0 Å². The minimum atomic E-state index is 0.781. The number of rotatable bonds is 1. The van der Waals surface area contributed by atoms with Gasteiger partial charge >= 0.3 is 0 Å². The van der Waals surface area contributed by atoms with Crippen LogP contribution in [0.3, 0.4) is 0 Å². The van der Waals surface area contributed by atoms with E-state index in [4.69, 9.17) is 0 Å². The lowest BCUT2D eigenvalue weighted by Gasteiger charge is -2.07. The van der Waals surface area contributed by atoms with E-state index in [0.29, 0.717) is 0 Å². The van der Waals surface area contributed by atoms with Crippen molar-refractivity contribution in [3.05, 3.63) is 22.1 Å². The standard InChI is InChI=1S/C10H10BrN3S/c1-5-4-12-9(11)8-7(5)6(2)13-10(14-8)15-3/h4H,1-3H3. The van der Waals surface area contributed by atoms with Crippen molar-refractivity contribution in [2.24, 2.45) is 0 Å². The molecule has 2 heterocycles. The van der Waals surface area contributed by atoms with E-state index in [0.717, 1.165) is 31.9 Å². The predicted molar refractivity (Wildman–Crippen MR) is 66.3 cm³/mol. The molecule has 0 N–H and O–H groups in total. The minimum absolute atomic E-state index is 0.781. The van der Waals surface area contributed by atoms with Crippen LogP contribution in [0.1, 0.15) is 11.3 Å². The average molecular weight is 284 g/mol. The molecule has 0 spiro atoms. The lowest BCUT2D eigenvalue weighted by atomic mass is 10.1. The topological polar surface area (TPSA) is 38.7 Å². The first-order valence-corrected chi connectivity index (χ1v) is 6.48. The third kappa shape index (κ3) is 1.86. The van der Waals surface area contributed by atoms with Gasteiger partial charge in [-0.05, 0) is 41.6 Å². The summed E-state index contributed by atoms with van der Waals surface area (Å²) in [6.07, 6.45) is 3.80. The Bertz CT molecular complexity index is 528. The first-order valence-electron chi connectivity index (χ1n) is 4.47. The number of aryl methyl sites for hydroxylation is 2. The van der Waals surface area contributed by atoms with Crippen molar-refractivity contribution < 1.29 is 0 Å². The van der Waals surface area contributed by atoms with E-state index in [1.54, 1.807) is 11.8 Å². The highest BCUT2D eigenvalue weighted by atomic mass is 79.9. The molecule has 0 atom stereocenters. The van der Waals surface area contributed by atoms with Gasteiger partial charge in [0, 0.05) is 11.6 Å². The monoisotopic (exact) mass is 283 g/mol. The van der Waals surface area contributed by atoms with Crippen molar-refractivity contribution >= 4 is 38.6 Å². The normalized spacial score (nSPS) is 10.9. The molecule has 15 heavy (non-hydrogen) atoms. The third-order valence-corrected chi connectivity index (χ3v) is 3.34. The Morgan fingerprint density at radius 1 is 1.27 bits per heavy atom. The molecule has 2 aromatic rings. The molecule has 2 rings (SSSR count). The molecule has 0 fully saturated rings. The number of nitrogens with zero attached hydrogens (tertiary/aromatic N) is 3. The largest absolute Gasteiger partial charge is 0.247 e. The van der Waals surface area contributed by atoms with Crippen LogP contribution < -0.4 is 0 Å². The van der Waals surface area contributed by atoms with Gasteiger partial charge in [0.1, 0.15) is 10.1 Å². The number of fused-ring (bicyclic) bond motifs is 1. The maximum absolute atomic E-state index is 4.46. The first-order chi connectivity index (χ1) is 7.13. The number of halogens is 1. The van der Waals surface area contributed by atoms with E-state index in [1.165, 1.54) is 0 Å². The summed E-state index contributed by atoms with van der Waals surface area (Å²) in [5, 5.41) is 1.88. The van der Waals surface area contributed by atoms with Crippen molar-refractivity contribution in [1.29, 1.82) is 0 Å². The number of thioether (sulfide) groups is 1. The number of hydrogen-bond acceptors (Lipinski definition) is 4. The Morgan fingerprint density at radius 2 is 2.00 bits per heavy atom. The molecule has 0 saturated heterocycles. The SMILES string of the molecule is CSc1nc(C)c2c(C)cnc(Br)c2n1. The van der Waals surface area contributed by atoms with Gasteiger partial charge in [-0.2, -0.15) is 0 Å². The van der Waals surface area contributed by atoms with Gasteiger partial charge in [0.05, 0.1) is 5.69 Å². The Balaban J connectivity index is 2.90. The second-order valence-corrected chi connectivity index (χ2v) is 4.78. The van der Waals surface area contributed by atoms with Crippen LogP contribution in [0.15, 0.2) is 16.0 Å². The van der Waals surface area contributed by atoms with Gasteiger partial charge in [0.2, 0.25) is 0 Å². The molecule has 78 valence electrons. The van der Waals surface area contributed by atoms with Crippen LogP contribution in [0.2, 0.25) is 0 Å². The second-order valence-electron chi connectivity index (χ2n) is 3.25. The molecule has 0 aliphatic carbocycles. The average Bonchev–Trinajstić information content (AvgIpc) is 2.23. The maximum Gasteiger partial charge on any atom is 0.188 e. The third-order valence-electron chi connectivity index (χ3n) is 2.21. The summed E-state index contributed by atoms with van der Waals surface area (Å²) in [5.41, 5.74) is 3.01. The van der Waals surface area contributed by atoms with E-state index in [9.17, 15) is 0 Å². The molecule has 0 aromatic carbocycles. The van der Waals surface area contributed by atoms with Crippen molar-refractivity contribution in [2.45, 2.75) is 19.0 Å². The molecule has 5 heteroatoms. The highest BCUT2D eigenvalue weighted by molar-refractivity contribution is 9.10. The van der Waals surface area contributed by atoms with Crippen LogP contribution in [0.4, 0.5) is 0 Å². The highest BCUT2D eigenvalue weighted by Gasteiger charge is 2.09. The van der Waals surface area contributed by atoms with E-state index in [2.05, 4.69) is 30.9 Å². The predicted octanol–water partition coefficient (Wildman–Crippen LogP) is 3.13. The fraction of sp³-hybridized carbons (Fsp3) is 0.300. The quantitative estimate of drug-likeness (QED) is 0.458. The van der Waals surface area contributed by atoms with Gasteiger partial charge in [-0.15, -0.1) is 0 Å². The summed E-state index contributed by atoms with van der Waals surface area (Å²) in [4.78, 5) is 13.1. The van der Waals surface area contributed by atoms with Gasteiger partial charge in [0.25, 0.3) is 0 Å². The maximum atomic E-state index is 4.46. The molecule has 2 aromatic heterocycles. The summed E-state index contributed by atoms with van der Waals surface area (Å²) in [5.74, 6) is 0. The summed E-state index contributed by atoms with van der Waals surface area (Å²) >= 11 is 4.96. The van der Waals surface area contributed by atoms with Crippen LogP contribution in [0.5, 0.6) is 0 Å². The van der Waals surface area contributed by atoms with E-state index in [1.807, 2.05) is 26.3 Å². The van der Waals surface area contributed by atoms with Crippen LogP contribution in [-0.2, 0) is 0 Å². The summed E-state index contributed by atoms with van der Waals surface area (Å²) in [6, 6.07) is 0. The Kier molecular flexibility index (Phi) is 2.93. The zero-order valence-corrected chi connectivity index (χ0v) is 11.1. The van der Waals surface area contributed by atoms with Gasteiger partial charge in [-0.3, -0.25) is 0 Å². The zero-order chi connectivity index (χ0) is 11.0. The van der Waals surface area contributed by atoms with Gasteiger partial charge in [-0.25, -0.2) is 15.0 Å². The van der Waals surface area contributed by atoms with Crippen LogP contribution >= 0.6 is 27.7 Å². The van der Waals surface area contributed by atoms with Crippen molar-refractivity contribution in [1.82, 2.24) is 15.0 Å². The molecular formula is C10H10BrN3S. The lowest BCUT2D eigenvalue weighted by Crippen LogP contribution is -1.96. The first kappa shape index (κ1) is 10.8.